The van der Waals surface area contributed by atoms with Gasteiger partial charge in [-0.1, -0.05) is 23.7 Å². The van der Waals surface area contributed by atoms with Crippen molar-refractivity contribution in [2.24, 2.45) is 0 Å². The molecule has 0 aliphatic rings. The van der Waals surface area contributed by atoms with Gasteiger partial charge in [-0.05, 0) is 46.3 Å². The summed E-state index contributed by atoms with van der Waals surface area (Å²) in [5.74, 6) is 0. The standard InChI is InChI=1S/C12H10BrClN2/c13-9-7-8(14)5-6-11(9)16-12-4-2-1-3-10(12)15/h1-7,16H,15H2. The first-order chi connectivity index (χ1) is 7.66. The monoisotopic (exact) mass is 296 g/mol. The van der Waals surface area contributed by atoms with E-state index >= 15 is 0 Å². The number of benzene rings is 2. The van der Waals surface area contributed by atoms with E-state index in [4.69, 9.17) is 17.3 Å². The summed E-state index contributed by atoms with van der Waals surface area (Å²) in [6, 6.07) is 13.2. The molecule has 2 rings (SSSR count). The van der Waals surface area contributed by atoms with Crippen molar-refractivity contribution >= 4 is 44.6 Å². The van der Waals surface area contributed by atoms with Crippen LogP contribution in [0.3, 0.4) is 0 Å². The van der Waals surface area contributed by atoms with Crippen LogP contribution in [0.2, 0.25) is 5.02 Å². The van der Waals surface area contributed by atoms with E-state index in [0.717, 1.165) is 15.8 Å². The maximum atomic E-state index is 5.87. The molecule has 0 saturated heterocycles. The Bertz CT molecular complexity index is 514. The summed E-state index contributed by atoms with van der Waals surface area (Å²) in [4.78, 5) is 0. The minimum Gasteiger partial charge on any atom is -0.397 e. The zero-order chi connectivity index (χ0) is 11.5. The van der Waals surface area contributed by atoms with Gasteiger partial charge in [-0.15, -0.1) is 0 Å². The lowest BCUT2D eigenvalue weighted by atomic mass is 10.2. The summed E-state index contributed by atoms with van der Waals surface area (Å²) in [6.45, 7) is 0. The molecule has 0 amide bonds. The van der Waals surface area contributed by atoms with Gasteiger partial charge in [0.05, 0.1) is 17.1 Å². The van der Waals surface area contributed by atoms with Crippen LogP contribution in [0, 0.1) is 0 Å². The third-order valence-corrected chi connectivity index (χ3v) is 3.05. The fourth-order valence-electron chi connectivity index (χ4n) is 1.35. The van der Waals surface area contributed by atoms with Gasteiger partial charge in [-0.3, -0.25) is 0 Å². The first-order valence-corrected chi connectivity index (χ1v) is 5.90. The molecule has 2 nitrogen and oxygen atoms in total. The molecular formula is C12H10BrClN2. The second-order valence-corrected chi connectivity index (χ2v) is 4.63. The molecule has 0 saturated carbocycles. The molecule has 0 spiro atoms. The zero-order valence-corrected chi connectivity index (χ0v) is 10.7. The Labute approximate surface area is 108 Å². The number of hydrogen-bond donors (Lipinski definition) is 2. The third-order valence-electron chi connectivity index (χ3n) is 2.16. The fraction of sp³-hybridized carbons (Fsp3) is 0. The van der Waals surface area contributed by atoms with E-state index in [-0.39, 0.29) is 0 Å². The lowest BCUT2D eigenvalue weighted by Gasteiger charge is -2.10. The van der Waals surface area contributed by atoms with Gasteiger partial charge < -0.3 is 11.1 Å². The van der Waals surface area contributed by atoms with Crippen LogP contribution in [0.1, 0.15) is 0 Å². The van der Waals surface area contributed by atoms with Crippen LogP contribution in [-0.2, 0) is 0 Å². The average molecular weight is 298 g/mol. The molecule has 0 heterocycles. The highest BCUT2D eigenvalue weighted by atomic mass is 79.9. The van der Waals surface area contributed by atoms with Crippen LogP contribution < -0.4 is 11.1 Å². The van der Waals surface area contributed by atoms with Crippen molar-refractivity contribution in [3.8, 4) is 0 Å². The van der Waals surface area contributed by atoms with Crippen molar-refractivity contribution in [1.29, 1.82) is 0 Å². The predicted octanol–water partition coefficient (Wildman–Crippen LogP) is 4.43. The molecule has 2 aromatic rings. The Kier molecular flexibility index (Phi) is 3.36. The first kappa shape index (κ1) is 11.3. The Hall–Kier alpha value is -1.19. The average Bonchev–Trinajstić information content (AvgIpc) is 2.25. The van der Waals surface area contributed by atoms with Gasteiger partial charge in [0.15, 0.2) is 0 Å². The van der Waals surface area contributed by atoms with Gasteiger partial charge in [0, 0.05) is 9.50 Å². The fourth-order valence-corrected chi connectivity index (χ4v) is 2.13. The number of nitrogens with one attached hydrogen (secondary N) is 1. The topological polar surface area (TPSA) is 38.0 Å². The van der Waals surface area contributed by atoms with Gasteiger partial charge >= 0.3 is 0 Å². The molecule has 4 heteroatoms. The maximum absolute atomic E-state index is 5.87. The smallest absolute Gasteiger partial charge is 0.0618 e. The zero-order valence-electron chi connectivity index (χ0n) is 8.37. The van der Waals surface area contributed by atoms with E-state index in [1.54, 1.807) is 0 Å². The van der Waals surface area contributed by atoms with Gasteiger partial charge in [0.2, 0.25) is 0 Å². The second kappa shape index (κ2) is 4.76. The van der Waals surface area contributed by atoms with Crippen LogP contribution in [0.25, 0.3) is 0 Å². The van der Waals surface area contributed by atoms with E-state index in [9.17, 15) is 0 Å². The number of halogens is 2. The molecule has 2 aromatic carbocycles. The Morgan fingerprint density at radius 1 is 1.06 bits per heavy atom. The summed E-state index contributed by atoms with van der Waals surface area (Å²) < 4.78 is 0.906. The van der Waals surface area contributed by atoms with Gasteiger partial charge in [0.1, 0.15) is 0 Å². The van der Waals surface area contributed by atoms with Crippen LogP contribution >= 0.6 is 27.5 Å². The highest BCUT2D eigenvalue weighted by Crippen LogP contribution is 2.30. The predicted molar refractivity (Wildman–Crippen MR) is 73.3 cm³/mol. The number of nitrogen functional groups attached to an aromatic ring is 1. The lowest BCUT2D eigenvalue weighted by Crippen LogP contribution is -1.96. The van der Waals surface area contributed by atoms with Crippen LogP contribution in [-0.4, -0.2) is 0 Å². The van der Waals surface area contributed by atoms with Crippen molar-refractivity contribution in [3.63, 3.8) is 0 Å². The number of para-hydroxylation sites is 2. The van der Waals surface area contributed by atoms with E-state index < -0.39 is 0 Å². The molecule has 0 unspecified atom stereocenters. The summed E-state index contributed by atoms with van der Waals surface area (Å²) in [5, 5.41) is 3.93. The first-order valence-electron chi connectivity index (χ1n) is 4.73. The number of rotatable bonds is 2. The van der Waals surface area contributed by atoms with Crippen molar-refractivity contribution in [3.05, 3.63) is 52.0 Å². The Morgan fingerprint density at radius 2 is 1.81 bits per heavy atom. The van der Waals surface area contributed by atoms with Gasteiger partial charge in [-0.2, -0.15) is 0 Å². The normalized spacial score (nSPS) is 10.1. The SMILES string of the molecule is Nc1ccccc1Nc1ccc(Cl)cc1Br. The van der Waals surface area contributed by atoms with Gasteiger partial charge in [0.25, 0.3) is 0 Å². The summed E-state index contributed by atoms with van der Waals surface area (Å²) in [6.07, 6.45) is 0. The molecule has 0 radical (unpaired) electrons. The minimum atomic E-state index is 0.693. The quantitative estimate of drug-likeness (QED) is 0.805. The van der Waals surface area contributed by atoms with Crippen molar-refractivity contribution < 1.29 is 0 Å². The molecule has 16 heavy (non-hydrogen) atoms. The molecule has 0 aliphatic carbocycles. The van der Waals surface area contributed by atoms with Crippen LogP contribution in [0.5, 0.6) is 0 Å². The molecule has 0 atom stereocenters. The van der Waals surface area contributed by atoms with Crippen molar-refractivity contribution in [2.45, 2.75) is 0 Å². The van der Waals surface area contributed by atoms with E-state index in [1.807, 2.05) is 42.5 Å². The van der Waals surface area contributed by atoms with E-state index in [0.29, 0.717) is 10.7 Å². The van der Waals surface area contributed by atoms with Crippen molar-refractivity contribution in [2.75, 3.05) is 11.1 Å². The minimum absolute atomic E-state index is 0.693. The molecular weight excluding hydrogens is 288 g/mol. The Balaban J connectivity index is 2.31. The highest BCUT2D eigenvalue weighted by molar-refractivity contribution is 9.10. The van der Waals surface area contributed by atoms with Gasteiger partial charge in [-0.25, -0.2) is 0 Å². The highest BCUT2D eigenvalue weighted by Gasteiger charge is 2.02. The van der Waals surface area contributed by atoms with Crippen molar-refractivity contribution in [1.82, 2.24) is 0 Å². The molecule has 3 N–H and O–H groups in total. The number of hydrogen-bond acceptors (Lipinski definition) is 2. The van der Waals surface area contributed by atoms with Crippen LogP contribution in [0.4, 0.5) is 17.1 Å². The molecule has 0 aliphatic heterocycles. The van der Waals surface area contributed by atoms with E-state index in [2.05, 4.69) is 21.2 Å². The number of anilines is 3. The maximum Gasteiger partial charge on any atom is 0.0618 e. The lowest BCUT2D eigenvalue weighted by molar-refractivity contribution is 1.52. The molecule has 0 aromatic heterocycles. The molecule has 0 bridgehead atoms. The largest absolute Gasteiger partial charge is 0.397 e. The second-order valence-electron chi connectivity index (χ2n) is 3.34. The number of nitrogens with two attached hydrogens (primary N) is 1. The van der Waals surface area contributed by atoms with E-state index in [1.165, 1.54) is 0 Å². The third kappa shape index (κ3) is 2.49. The summed E-state index contributed by atoms with van der Waals surface area (Å²) in [5.41, 5.74) is 8.37. The van der Waals surface area contributed by atoms with Crippen LogP contribution in [0.15, 0.2) is 46.9 Å². The summed E-state index contributed by atoms with van der Waals surface area (Å²) in [7, 11) is 0. The summed E-state index contributed by atoms with van der Waals surface area (Å²) >= 11 is 9.31. The molecule has 82 valence electrons. The Morgan fingerprint density at radius 3 is 2.50 bits per heavy atom. The molecule has 0 fully saturated rings.